The quantitative estimate of drug-likeness (QED) is 0.897. The third-order valence-electron chi connectivity index (χ3n) is 5.45. The second kappa shape index (κ2) is 7.35. The number of hydrogen-bond donors (Lipinski definition) is 1. The van der Waals surface area contributed by atoms with Crippen LogP contribution in [0.3, 0.4) is 0 Å². The molecule has 2 heterocycles. The molecule has 1 aliphatic carbocycles. The number of amides is 1. The van der Waals surface area contributed by atoms with Crippen LogP contribution in [0.1, 0.15) is 56.9 Å². The average molecular weight is 329 g/mol. The van der Waals surface area contributed by atoms with E-state index in [0.29, 0.717) is 12.5 Å². The molecule has 1 saturated heterocycles. The standard InChI is InChI=1S/C18H27N5O/c1-2-23-12-16(11-20-23)15-5-9-22(10-6-15)13-17(24)21-18(14-19)7-3-4-8-18/h11-12,15H,2-10,13H2,1H3,(H,21,24). The van der Waals surface area contributed by atoms with Crippen LogP contribution in [0, 0.1) is 11.3 Å². The molecule has 6 nitrogen and oxygen atoms in total. The highest BCUT2D eigenvalue weighted by molar-refractivity contribution is 5.79. The minimum atomic E-state index is -0.607. The first-order valence-corrected chi connectivity index (χ1v) is 9.11. The Bertz CT molecular complexity index is 603. The Morgan fingerprint density at radius 2 is 2.12 bits per heavy atom. The highest BCUT2D eigenvalue weighted by atomic mass is 16.2. The molecule has 1 saturated carbocycles. The van der Waals surface area contributed by atoms with Crippen LogP contribution in [-0.2, 0) is 11.3 Å². The molecule has 1 aromatic rings. The number of carbonyl (C=O) groups excluding carboxylic acids is 1. The van der Waals surface area contributed by atoms with Crippen LogP contribution in [-0.4, -0.2) is 45.8 Å². The molecule has 0 radical (unpaired) electrons. The molecule has 3 rings (SSSR count). The molecule has 24 heavy (non-hydrogen) atoms. The summed E-state index contributed by atoms with van der Waals surface area (Å²) in [6.07, 6.45) is 9.89. The Kier molecular flexibility index (Phi) is 5.20. The van der Waals surface area contributed by atoms with Crippen molar-refractivity contribution < 1.29 is 4.79 Å². The fourth-order valence-corrected chi connectivity index (χ4v) is 3.94. The Morgan fingerprint density at radius 3 is 2.71 bits per heavy atom. The molecule has 6 heteroatoms. The molecule has 1 aliphatic heterocycles. The number of piperidine rings is 1. The van der Waals surface area contributed by atoms with Crippen LogP contribution >= 0.6 is 0 Å². The zero-order chi connectivity index (χ0) is 17.0. The van der Waals surface area contributed by atoms with Crippen molar-refractivity contribution in [3.63, 3.8) is 0 Å². The van der Waals surface area contributed by atoms with Crippen molar-refractivity contribution in [1.82, 2.24) is 20.0 Å². The maximum Gasteiger partial charge on any atom is 0.235 e. The molecule has 2 fully saturated rings. The summed E-state index contributed by atoms with van der Waals surface area (Å²) in [5.74, 6) is 0.542. The predicted octanol–water partition coefficient (Wildman–Crippen LogP) is 2.03. The van der Waals surface area contributed by atoms with Crippen LogP contribution in [0.4, 0.5) is 0 Å². The SMILES string of the molecule is CCn1cc(C2CCN(CC(=O)NC3(C#N)CCCC3)CC2)cn1. The van der Waals surface area contributed by atoms with Gasteiger partial charge in [-0.25, -0.2) is 0 Å². The van der Waals surface area contributed by atoms with Crippen LogP contribution in [0.2, 0.25) is 0 Å². The summed E-state index contributed by atoms with van der Waals surface area (Å²) >= 11 is 0. The van der Waals surface area contributed by atoms with Gasteiger partial charge in [0.1, 0.15) is 5.54 Å². The molecule has 0 spiro atoms. The second-order valence-corrected chi connectivity index (χ2v) is 7.13. The number of hydrogen-bond acceptors (Lipinski definition) is 4. The van der Waals surface area contributed by atoms with Gasteiger partial charge in [-0.05, 0) is 70.0 Å². The smallest absolute Gasteiger partial charge is 0.235 e. The van der Waals surface area contributed by atoms with Crippen molar-refractivity contribution in [3.8, 4) is 6.07 Å². The summed E-state index contributed by atoms with van der Waals surface area (Å²) in [7, 11) is 0. The van der Waals surface area contributed by atoms with E-state index in [4.69, 9.17) is 0 Å². The average Bonchev–Trinajstić information content (AvgIpc) is 3.25. The summed E-state index contributed by atoms with van der Waals surface area (Å²) in [5, 5.41) is 16.7. The lowest BCUT2D eigenvalue weighted by molar-refractivity contribution is -0.123. The zero-order valence-electron chi connectivity index (χ0n) is 14.5. The second-order valence-electron chi connectivity index (χ2n) is 7.13. The lowest BCUT2D eigenvalue weighted by Crippen LogP contribution is -2.50. The highest BCUT2D eigenvalue weighted by Crippen LogP contribution is 2.29. The molecule has 0 aromatic carbocycles. The number of likely N-dealkylation sites (tertiary alicyclic amines) is 1. The van der Waals surface area contributed by atoms with Gasteiger partial charge >= 0.3 is 0 Å². The normalized spacial score (nSPS) is 21.5. The van der Waals surface area contributed by atoms with Gasteiger partial charge in [-0.1, -0.05) is 0 Å². The summed E-state index contributed by atoms with van der Waals surface area (Å²) in [4.78, 5) is 14.5. The first-order chi connectivity index (χ1) is 11.6. The van der Waals surface area contributed by atoms with Crippen molar-refractivity contribution >= 4 is 5.91 Å². The Hall–Kier alpha value is -1.87. The summed E-state index contributed by atoms with van der Waals surface area (Å²) in [6.45, 7) is 5.25. The lowest BCUT2D eigenvalue weighted by atomic mass is 9.91. The van der Waals surface area contributed by atoms with Gasteiger partial charge in [-0.3, -0.25) is 14.4 Å². The number of aryl methyl sites for hydroxylation is 1. The predicted molar refractivity (Wildman–Crippen MR) is 91.3 cm³/mol. The van der Waals surface area contributed by atoms with Gasteiger partial charge in [0.05, 0.1) is 18.8 Å². The topological polar surface area (TPSA) is 74.0 Å². The number of rotatable bonds is 5. The minimum Gasteiger partial charge on any atom is -0.337 e. The summed E-state index contributed by atoms with van der Waals surface area (Å²) in [6, 6.07) is 2.32. The van der Waals surface area contributed by atoms with Gasteiger partial charge in [0.2, 0.25) is 5.91 Å². The summed E-state index contributed by atoms with van der Waals surface area (Å²) < 4.78 is 1.97. The molecular formula is C18H27N5O. The maximum atomic E-state index is 12.3. The van der Waals surface area contributed by atoms with Crippen LogP contribution in [0.25, 0.3) is 0 Å². The molecule has 0 unspecified atom stereocenters. The third kappa shape index (κ3) is 3.78. The number of carbonyl (C=O) groups is 1. The molecule has 2 aliphatic rings. The van der Waals surface area contributed by atoms with E-state index < -0.39 is 5.54 Å². The Labute approximate surface area is 143 Å². The summed E-state index contributed by atoms with van der Waals surface area (Å²) in [5.41, 5.74) is 0.708. The van der Waals surface area contributed by atoms with Crippen molar-refractivity contribution in [1.29, 1.82) is 5.26 Å². The molecule has 1 amide bonds. The van der Waals surface area contributed by atoms with Crippen molar-refractivity contribution in [2.75, 3.05) is 19.6 Å². The maximum absolute atomic E-state index is 12.3. The monoisotopic (exact) mass is 329 g/mol. The van der Waals surface area contributed by atoms with Gasteiger partial charge < -0.3 is 5.32 Å². The first kappa shape index (κ1) is 17.0. The number of nitriles is 1. The van der Waals surface area contributed by atoms with Crippen LogP contribution in [0.15, 0.2) is 12.4 Å². The van der Waals surface area contributed by atoms with Crippen molar-refractivity contribution in [2.24, 2.45) is 0 Å². The Balaban J connectivity index is 1.46. The zero-order valence-corrected chi connectivity index (χ0v) is 14.5. The third-order valence-corrected chi connectivity index (χ3v) is 5.45. The van der Waals surface area contributed by atoms with Crippen molar-refractivity contribution in [2.45, 2.75) is 63.5 Å². The lowest BCUT2D eigenvalue weighted by Gasteiger charge is -2.32. The fourth-order valence-electron chi connectivity index (χ4n) is 3.94. The van der Waals surface area contributed by atoms with E-state index in [0.717, 1.165) is 58.2 Å². The van der Waals surface area contributed by atoms with E-state index in [2.05, 4.69) is 34.5 Å². The number of aromatic nitrogens is 2. The molecule has 0 atom stereocenters. The van der Waals surface area contributed by atoms with Gasteiger partial charge in [0, 0.05) is 12.7 Å². The van der Waals surface area contributed by atoms with E-state index in [1.54, 1.807) is 0 Å². The van der Waals surface area contributed by atoms with E-state index in [9.17, 15) is 10.1 Å². The highest BCUT2D eigenvalue weighted by Gasteiger charge is 2.35. The van der Waals surface area contributed by atoms with E-state index in [-0.39, 0.29) is 5.91 Å². The first-order valence-electron chi connectivity index (χ1n) is 9.11. The largest absolute Gasteiger partial charge is 0.337 e. The van der Waals surface area contributed by atoms with Crippen LogP contribution < -0.4 is 5.32 Å². The van der Waals surface area contributed by atoms with Gasteiger partial charge in [0.15, 0.2) is 0 Å². The number of nitrogens with one attached hydrogen (secondary N) is 1. The molecule has 130 valence electrons. The molecule has 0 bridgehead atoms. The molecular weight excluding hydrogens is 302 g/mol. The van der Waals surface area contributed by atoms with E-state index in [1.807, 2.05) is 10.9 Å². The number of nitrogens with zero attached hydrogens (tertiary/aromatic N) is 4. The van der Waals surface area contributed by atoms with Gasteiger partial charge in [-0.2, -0.15) is 10.4 Å². The van der Waals surface area contributed by atoms with Gasteiger partial charge in [-0.15, -0.1) is 0 Å². The van der Waals surface area contributed by atoms with Crippen LogP contribution in [0.5, 0.6) is 0 Å². The molecule has 1 aromatic heterocycles. The van der Waals surface area contributed by atoms with E-state index >= 15 is 0 Å². The Morgan fingerprint density at radius 1 is 1.42 bits per heavy atom. The van der Waals surface area contributed by atoms with Crippen molar-refractivity contribution in [3.05, 3.63) is 18.0 Å². The van der Waals surface area contributed by atoms with Gasteiger partial charge in [0.25, 0.3) is 0 Å². The fraction of sp³-hybridized carbons (Fsp3) is 0.722. The minimum absolute atomic E-state index is 0.00398. The van der Waals surface area contributed by atoms with E-state index in [1.165, 1.54) is 5.56 Å². The molecule has 1 N–H and O–H groups in total.